The monoisotopic (exact) mass is 353 g/mol. The van der Waals surface area contributed by atoms with Gasteiger partial charge in [-0.25, -0.2) is 9.78 Å². The highest BCUT2D eigenvalue weighted by Gasteiger charge is 2.13. The van der Waals surface area contributed by atoms with Gasteiger partial charge in [-0.05, 0) is 36.0 Å². The van der Waals surface area contributed by atoms with E-state index in [-0.39, 0.29) is 11.3 Å². The van der Waals surface area contributed by atoms with Crippen molar-refractivity contribution in [1.29, 1.82) is 5.26 Å². The average Bonchev–Trinajstić information content (AvgIpc) is 3.18. The number of carbonyl (C=O) groups is 2. The van der Waals surface area contributed by atoms with Crippen molar-refractivity contribution in [2.45, 2.75) is 10.2 Å². The Labute approximate surface area is 145 Å². The molecule has 0 atom stereocenters. The fourth-order valence-electron chi connectivity index (χ4n) is 2.01. The molecular formula is C16H11N5O3S. The van der Waals surface area contributed by atoms with Gasteiger partial charge in [-0.3, -0.25) is 10.1 Å². The van der Waals surface area contributed by atoms with Crippen LogP contribution in [0.15, 0.2) is 56.6 Å². The molecule has 124 valence electrons. The Morgan fingerprint density at radius 3 is 2.84 bits per heavy atom. The number of urea groups is 1. The first kappa shape index (κ1) is 16.4. The molecule has 0 aliphatic carbocycles. The van der Waals surface area contributed by atoms with Crippen LogP contribution in [0.1, 0.15) is 5.76 Å². The average molecular weight is 353 g/mol. The van der Waals surface area contributed by atoms with Gasteiger partial charge < -0.3 is 15.1 Å². The van der Waals surface area contributed by atoms with Gasteiger partial charge >= 0.3 is 6.03 Å². The number of fused-ring (bicyclic) bond motifs is 1. The van der Waals surface area contributed by atoms with Crippen LogP contribution >= 0.6 is 11.8 Å². The van der Waals surface area contributed by atoms with Crippen molar-refractivity contribution < 1.29 is 14.0 Å². The van der Waals surface area contributed by atoms with Crippen LogP contribution < -0.4 is 11.1 Å². The number of H-pyrrole nitrogens is 1. The molecule has 0 saturated heterocycles. The molecule has 0 spiro atoms. The van der Waals surface area contributed by atoms with E-state index in [2.05, 4.69) is 9.97 Å². The summed E-state index contributed by atoms with van der Waals surface area (Å²) in [5, 5.41) is 12.0. The lowest BCUT2D eigenvalue weighted by Gasteiger charge is -1.97. The van der Waals surface area contributed by atoms with Crippen LogP contribution in [0.25, 0.3) is 17.1 Å². The van der Waals surface area contributed by atoms with Crippen LogP contribution in [0.5, 0.6) is 0 Å². The number of furan rings is 1. The Hall–Kier alpha value is -3.51. The minimum absolute atomic E-state index is 0.287. The third-order valence-electron chi connectivity index (χ3n) is 3.06. The van der Waals surface area contributed by atoms with Gasteiger partial charge in [0.25, 0.3) is 5.91 Å². The number of nitrogens with two attached hydrogens (primary N) is 1. The first-order valence-corrected chi connectivity index (χ1v) is 7.82. The normalized spacial score (nSPS) is 11.2. The van der Waals surface area contributed by atoms with Crippen LogP contribution in [-0.2, 0) is 4.79 Å². The fraction of sp³-hybridized carbons (Fsp3) is 0. The maximum Gasteiger partial charge on any atom is 0.319 e. The standard InChI is InChI=1S/C16H11N5O3S/c17-8-9(14(22)21-15(18)23)7-10-5-6-13(24-10)25-16-19-11-3-1-2-4-12(11)20-16/h1-7H,(H,19,20)(H3,18,21,22,23)/b9-7-. The summed E-state index contributed by atoms with van der Waals surface area (Å²) < 4.78 is 5.55. The molecule has 1 aromatic carbocycles. The largest absolute Gasteiger partial charge is 0.450 e. The van der Waals surface area contributed by atoms with Crippen molar-refractivity contribution in [3.05, 3.63) is 47.7 Å². The van der Waals surface area contributed by atoms with Gasteiger partial charge in [0, 0.05) is 6.08 Å². The maximum absolute atomic E-state index is 11.6. The third kappa shape index (κ3) is 3.88. The summed E-state index contributed by atoms with van der Waals surface area (Å²) >= 11 is 1.27. The molecule has 0 aliphatic heterocycles. The predicted octanol–water partition coefficient (Wildman–Crippen LogP) is 2.41. The topological polar surface area (TPSA) is 138 Å². The summed E-state index contributed by atoms with van der Waals surface area (Å²) in [7, 11) is 0. The van der Waals surface area contributed by atoms with Crippen molar-refractivity contribution in [1.82, 2.24) is 15.3 Å². The van der Waals surface area contributed by atoms with Crippen LogP contribution in [-0.4, -0.2) is 21.9 Å². The number of imide groups is 1. The minimum atomic E-state index is -1.04. The highest BCUT2D eigenvalue weighted by atomic mass is 32.2. The Bertz CT molecular complexity index is 995. The number of hydrogen-bond donors (Lipinski definition) is 3. The number of benzene rings is 1. The van der Waals surface area contributed by atoms with Crippen LogP contribution in [0, 0.1) is 11.3 Å². The Morgan fingerprint density at radius 2 is 2.12 bits per heavy atom. The van der Waals surface area contributed by atoms with Crippen molar-refractivity contribution >= 4 is 40.8 Å². The summed E-state index contributed by atoms with van der Waals surface area (Å²) in [4.78, 5) is 29.9. The predicted molar refractivity (Wildman–Crippen MR) is 90.2 cm³/mol. The lowest BCUT2D eigenvalue weighted by Crippen LogP contribution is -2.35. The molecule has 2 heterocycles. The second kappa shape index (κ2) is 6.94. The Balaban J connectivity index is 1.77. The third-order valence-corrected chi connectivity index (χ3v) is 3.86. The van der Waals surface area contributed by atoms with E-state index in [0.29, 0.717) is 10.2 Å². The maximum atomic E-state index is 11.6. The molecule has 3 aromatic rings. The van der Waals surface area contributed by atoms with Crippen molar-refractivity contribution in [2.75, 3.05) is 0 Å². The Morgan fingerprint density at radius 1 is 1.32 bits per heavy atom. The molecule has 3 rings (SSSR count). The van der Waals surface area contributed by atoms with E-state index in [1.54, 1.807) is 18.2 Å². The minimum Gasteiger partial charge on any atom is -0.450 e. The number of nitriles is 1. The molecule has 0 bridgehead atoms. The summed E-state index contributed by atoms with van der Waals surface area (Å²) in [6.07, 6.45) is 1.22. The molecular weight excluding hydrogens is 342 g/mol. The van der Waals surface area contributed by atoms with Gasteiger partial charge in [-0.15, -0.1) is 0 Å². The number of primary amides is 1. The quantitative estimate of drug-likeness (QED) is 0.486. The first-order chi connectivity index (χ1) is 12.0. The van der Waals surface area contributed by atoms with Crippen LogP contribution in [0.2, 0.25) is 0 Å². The van der Waals surface area contributed by atoms with Crippen LogP contribution in [0.4, 0.5) is 4.79 Å². The second-order valence-electron chi connectivity index (χ2n) is 4.81. The van der Waals surface area contributed by atoms with E-state index < -0.39 is 11.9 Å². The number of aromatic amines is 1. The van der Waals surface area contributed by atoms with Gasteiger partial charge in [-0.1, -0.05) is 12.1 Å². The number of imidazole rings is 1. The number of para-hydroxylation sites is 2. The van der Waals surface area contributed by atoms with Crippen molar-refractivity contribution in [3.63, 3.8) is 0 Å². The zero-order chi connectivity index (χ0) is 17.8. The van der Waals surface area contributed by atoms with Crippen LogP contribution in [0.3, 0.4) is 0 Å². The highest BCUT2D eigenvalue weighted by Crippen LogP contribution is 2.29. The number of nitrogens with zero attached hydrogens (tertiary/aromatic N) is 2. The summed E-state index contributed by atoms with van der Waals surface area (Å²) in [5.41, 5.74) is 6.31. The number of carbonyl (C=O) groups excluding carboxylic acids is 2. The van der Waals surface area contributed by atoms with Gasteiger partial charge in [0.2, 0.25) is 0 Å². The van der Waals surface area contributed by atoms with Crippen molar-refractivity contribution in [3.8, 4) is 6.07 Å². The van der Waals surface area contributed by atoms with E-state index in [1.807, 2.05) is 29.6 Å². The molecule has 9 heteroatoms. The van der Waals surface area contributed by atoms with Crippen molar-refractivity contribution in [2.24, 2.45) is 5.73 Å². The molecule has 0 fully saturated rings. The first-order valence-electron chi connectivity index (χ1n) is 7.00. The lowest BCUT2D eigenvalue weighted by molar-refractivity contribution is -0.115. The van der Waals surface area contributed by atoms with Gasteiger partial charge in [0.05, 0.1) is 11.0 Å². The highest BCUT2D eigenvalue weighted by molar-refractivity contribution is 7.99. The lowest BCUT2D eigenvalue weighted by atomic mass is 10.2. The van der Waals surface area contributed by atoms with E-state index in [4.69, 9.17) is 15.4 Å². The number of hydrogen-bond acceptors (Lipinski definition) is 6. The number of amides is 3. The molecule has 0 saturated carbocycles. The van der Waals surface area contributed by atoms with Gasteiger partial charge in [0.15, 0.2) is 10.2 Å². The van der Waals surface area contributed by atoms with E-state index >= 15 is 0 Å². The van der Waals surface area contributed by atoms with Gasteiger partial charge in [-0.2, -0.15) is 5.26 Å². The van der Waals surface area contributed by atoms with E-state index in [1.165, 1.54) is 17.8 Å². The number of rotatable bonds is 4. The second-order valence-corrected chi connectivity index (χ2v) is 5.80. The molecule has 8 nitrogen and oxygen atoms in total. The number of aromatic nitrogens is 2. The van der Waals surface area contributed by atoms with E-state index in [0.717, 1.165) is 11.0 Å². The van der Waals surface area contributed by atoms with E-state index in [9.17, 15) is 9.59 Å². The molecule has 0 radical (unpaired) electrons. The molecule has 3 amide bonds. The molecule has 0 unspecified atom stereocenters. The summed E-state index contributed by atoms with van der Waals surface area (Å²) in [6, 6.07) is 11.5. The zero-order valence-electron chi connectivity index (χ0n) is 12.6. The molecule has 2 aromatic heterocycles. The number of nitrogens with one attached hydrogen (secondary N) is 2. The smallest absolute Gasteiger partial charge is 0.319 e. The van der Waals surface area contributed by atoms with Gasteiger partial charge in [0.1, 0.15) is 17.4 Å². The molecule has 4 N–H and O–H groups in total. The summed E-state index contributed by atoms with van der Waals surface area (Å²) in [5.74, 6) is -0.604. The SMILES string of the molecule is N#C/C(=C/c1ccc(Sc2nc3ccccc3[nH]2)o1)C(=O)NC(N)=O. The Kier molecular flexibility index (Phi) is 4.54. The summed E-state index contributed by atoms with van der Waals surface area (Å²) in [6.45, 7) is 0. The zero-order valence-corrected chi connectivity index (χ0v) is 13.5. The molecule has 0 aliphatic rings. The fourth-order valence-corrected chi connectivity index (χ4v) is 2.78. The molecule has 25 heavy (non-hydrogen) atoms.